The molecule has 0 saturated heterocycles. The zero-order valence-electron chi connectivity index (χ0n) is 10.8. The van der Waals surface area contributed by atoms with E-state index in [1.165, 1.54) is 0 Å². The van der Waals surface area contributed by atoms with Gasteiger partial charge in [0.25, 0.3) is 0 Å². The molecule has 96 valence electrons. The molecule has 1 aromatic heterocycles. The standard InChI is InChI=1S/C14H17ClN2O/c1-4-11-8-13(17(3)16-11)14(18)10-6-5-9(2)12(15)7-10/h5-8,14,18H,4H2,1-3H3. The Morgan fingerprint density at radius 1 is 1.39 bits per heavy atom. The fourth-order valence-corrected chi connectivity index (χ4v) is 2.11. The second-order valence-electron chi connectivity index (χ2n) is 4.45. The third kappa shape index (κ3) is 2.42. The molecule has 4 heteroatoms. The quantitative estimate of drug-likeness (QED) is 0.925. The van der Waals surface area contributed by atoms with Gasteiger partial charge in [0.05, 0.1) is 11.4 Å². The average Bonchev–Trinajstić information content (AvgIpc) is 2.73. The molecule has 0 aliphatic carbocycles. The van der Waals surface area contributed by atoms with Gasteiger partial charge in [0.2, 0.25) is 0 Å². The number of halogens is 1. The molecule has 0 radical (unpaired) electrons. The molecule has 1 N–H and O–H groups in total. The van der Waals surface area contributed by atoms with Crippen LogP contribution in [0.1, 0.15) is 35.5 Å². The number of rotatable bonds is 3. The Labute approximate surface area is 112 Å². The second kappa shape index (κ2) is 5.12. The van der Waals surface area contributed by atoms with Crippen molar-refractivity contribution in [1.29, 1.82) is 0 Å². The van der Waals surface area contributed by atoms with Crippen LogP contribution in [0.3, 0.4) is 0 Å². The van der Waals surface area contributed by atoms with E-state index in [2.05, 4.69) is 5.10 Å². The van der Waals surface area contributed by atoms with Crippen molar-refractivity contribution in [3.63, 3.8) is 0 Å². The largest absolute Gasteiger partial charge is 0.382 e. The Bertz CT molecular complexity index is 563. The lowest BCUT2D eigenvalue weighted by Gasteiger charge is -2.12. The summed E-state index contributed by atoms with van der Waals surface area (Å²) in [5.74, 6) is 0. The van der Waals surface area contributed by atoms with Crippen LogP contribution in [0.4, 0.5) is 0 Å². The maximum absolute atomic E-state index is 10.4. The van der Waals surface area contributed by atoms with E-state index in [0.29, 0.717) is 5.02 Å². The molecule has 2 aromatic rings. The number of aromatic nitrogens is 2. The highest BCUT2D eigenvalue weighted by atomic mass is 35.5. The maximum Gasteiger partial charge on any atom is 0.121 e. The highest BCUT2D eigenvalue weighted by Gasteiger charge is 2.16. The molecule has 0 aliphatic heterocycles. The first-order valence-corrected chi connectivity index (χ1v) is 6.37. The van der Waals surface area contributed by atoms with Crippen LogP contribution in [-0.2, 0) is 13.5 Å². The normalized spacial score (nSPS) is 12.7. The van der Waals surface area contributed by atoms with Crippen LogP contribution >= 0.6 is 11.6 Å². The Kier molecular flexibility index (Phi) is 3.73. The fraction of sp³-hybridized carbons (Fsp3) is 0.357. The third-order valence-electron chi connectivity index (χ3n) is 3.12. The third-order valence-corrected chi connectivity index (χ3v) is 3.53. The van der Waals surface area contributed by atoms with Gasteiger partial charge in [0, 0.05) is 12.1 Å². The summed E-state index contributed by atoms with van der Waals surface area (Å²) < 4.78 is 1.72. The number of aryl methyl sites for hydroxylation is 3. The molecule has 0 fully saturated rings. The summed E-state index contributed by atoms with van der Waals surface area (Å²) in [7, 11) is 1.84. The monoisotopic (exact) mass is 264 g/mol. The zero-order valence-corrected chi connectivity index (χ0v) is 11.6. The predicted octanol–water partition coefficient (Wildman–Crippen LogP) is 3.03. The molecule has 1 aromatic carbocycles. The van der Waals surface area contributed by atoms with Gasteiger partial charge in [-0.15, -0.1) is 0 Å². The summed E-state index contributed by atoms with van der Waals surface area (Å²) in [6.45, 7) is 3.99. The summed E-state index contributed by atoms with van der Waals surface area (Å²) >= 11 is 6.08. The minimum atomic E-state index is -0.694. The minimum Gasteiger partial charge on any atom is -0.382 e. The Balaban J connectivity index is 2.37. The lowest BCUT2D eigenvalue weighted by atomic mass is 10.0. The van der Waals surface area contributed by atoms with Gasteiger partial charge in [0.1, 0.15) is 6.10 Å². The van der Waals surface area contributed by atoms with Gasteiger partial charge in [-0.25, -0.2) is 0 Å². The van der Waals surface area contributed by atoms with Gasteiger partial charge in [-0.1, -0.05) is 30.7 Å². The molecule has 1 atom stereocenters. The van der Waals surface area contributed by atoms with Gasteiger partial charge < -0.3 is 5.11 Å². The van der Waals surface area contributed by atoms with Crippen molar-refractivity contribution in [2.75, 3.05) is 0 Å². The summed E-state index contributed by atoms with van der Waals surface area (Å²) in [5.41, 5.74) is 3.56. The van der Waals surface area contributed by atoms with Crippen molar-refractivity contribution < 1.29 is 5.11 Å². The van der Waals surface area contributed by atoms with Crippen molar-refractivity contribution in [2.24, 2.45) is 7.05 Å². The Morgan fingerprint density at radius 3 is 2.67 bits per heavy atom. The first kappa shape index (κ1) is 13.1. The fourth-order valence-electron chi connectivity index (χ4n) is 1.92. The number of nitrogens with zero attached hydrogens (tertiary/aromatic N) is 2. The van der Waals surface area contributed by atoms with E-state index in [-0.39, 0.29) is 0 Å². The summed E-state index contributed by atoms with van der Waals surface area (Å²) in [6, 6.07) is 7.54. The number of benzene rings is 1. The van der Waals surface area contributed by atoms with Crippen molar-refractivity contribution in [3.8, 4) is 0 Å². The molecular weight excluding hydrogens is 248 g/mol. The zero-order chi connectivity index (χ0) is 13.3. The van der Waals surface area contributed by atoms with Crippen LogP contribution < -0.4 is 0 Å². The highest BCUT2D eigenvalue weighted by Crippen LogP contribution is 2.26. The van der Waals surface area contributed by atoms with E-state index in [0.717, 1.165) is 28.9 Å². The van der Waals surface area contributed by atoms with Crippen LogP contribution in [0.5, 0.6) is 0 Å². The van der Waals surface area contributed by atoms with Crippen LogP contribution in [-0.4, -0.2) is 14.9 Å². The van der Waals surface area contributed by atoms with Crippen LogP contribution in [0.25, 0.3) is 0 Å². The van der Waals surface area contributed by atoms with Crippen molar-refractivity contribution in [3.05, 3.63) is 51.8 Å². The molecule has 0 amide bonds. The minimum absolute atomic E-state index is 0.671. The van der Waals surface area contributed by atoms with E-state index in [1.54, 1.807) is 10.7 Å². The van der Waals surface area contributed by atoms with Gasteiger partial charge in [-0.05, 0) is 36.6 Å². The SMILES string of the molecule is CCc1cc(C(O)c2ccc(C)c(Cl)c2)n(C)n1. The molecule has 0 spiro atoms. The maximum atomic E-state index is 10.4. The molecule has 0 aliphatic rings. The number of aliphatic hydroxyl groups is 1. The summed E-state index contributed by atoms with van der Waals surface area (Å²) in [6.07, 6.45) is 0.163. The smallest absolute Gasteiger partial charge is 0.121 e. The molecule has 0 saturated carbocycles. The number of hydrogen-bond donors (Lipinski definition) is 1. The van der Waals surface area contributed by atoms with E-state index < -0.39 is 6.10 Å². The molecule has 2 rings (SSSR count). The van der Waals surface area contributed by atoms with Crippen LogP contribution in [0.15, 0.2) is 24.3 Å². The molecule has 3 nitrogen and oxygen atoms in total. The van der Waals surface area contributed by atoms with E-state index >= 15 is 0 Å². The number of hydrogen-bond acceptors (Lipinski definition) is 2. The molecule has 1 unspecified atom stereocenters. The highest BCUT2D eigenvalue weighted by molar-refractivity contribution is 6.31. The Hall–Kier alpha value is -1.32. The van der Waals surface area contributed by atoms with Crippen LogP contribution in [0, 0.1) is 6.92 Å². The lowest BCUT2D eigenvalue weighted by Crippen LogP contribution is -2.06. The van der Waals surface area contributed by atoms with Crippen LogP contribution in [0.2, 0.25) is 5.02 Å². The van der Waals surface area contributed by atoms with Crippen molar-refractivity contribution >= 4 is 11.6 Å². The van der Waals surface area contributed by atoms with Crippen molar-refractivity contribution in [2.45, 2.75) is 26.4 Å². The molecule has 1 heterocycles. The van der Waals surface area contributed by atoms with Gasteiger partial charge in [0.15, 0.2) is 0 Å². The Morgan fingerprint density at radius 2 is 2.11 bits per heavy atom. The first-order chi connectivity index (χ1) is 8.52. The number of aliphatic hydroxyl groups excluding tert-OH is 1. The lowest BCUT2D eigenvalue weighted by molar-refractivity contribution is 0.210. The molecule has 18 heavy (non-hydrogen) atoms. The molecule has 0 bridgehead atoms. The molecular formula is C14H17ClN2O. The van der Waals surface area contributed by atoms with E-state index in [1.807, 2.05) is 39.1 Å². The first-order valence-electron chi connectivity index (χ1n) is 6.00. The van der Waals surface area contributed by atoms with Crippen molar-refractivity contribution in [1.82, 2.24) is 9.78 Å². The summed E-state index contributed by atoms with van der Waals surface area (Å²) in [4.78, 5) is 0. The van der Waals surface area contributed by atoms with Gasteiger partial charge >= 0.3 is 0 Å². The van der Waals surface area contributed by atoms with Gasteiger partial charge in [-0.3, -0.25) is 4.68 Å². The van der Waals surface area contributed by atoms with Gasteiger partial charge in [-0.2, -0.15) is 5.10 Å². The second-order valence-corrected chi connectivity index (χ2v) is 4.86. The predicted molar refractivity (Wildman–Crippen MR) is 72.8 cm³/mol. The van der Waals surface area contributed by atoms with E-state index in [9.17, 15) is 5.11 Å². The van der Waals surface area contributed by atoms with E-state index in [4.69, 9.17) is 11.6 Å². The topological polar surface area (TPSA) is 38.0 Å². The average molecular weight is 265 g/mol. The summed E-state index contributed by atoms with van der Waals surface area (Å²) in [5, 5.41) is 15.4.